The lowest BCUT2D eigenvalue weighted by Crippen LogP contribution is -2.23. The molecular formula is C11H15N3O. The van der Waals surface area contributed by atoms with Crippen molar-refractivity contribution >= 4 is 0 Å². The van der Waals surface area contributed by atoms with Crippen molar-refractivity contribution in [1.29, 1.82) is 5.26 Å². The van der Waals surface area contributed by atoms with Gasteiger partial charge in [-0.15, -0.1) is 0 Å². The van der Waals surface area contributed by atoms with Gasteiger partial charge in [-0.2, -0.15) is 10.4 Å². The van der Waals surface area contributed by atoms with Gasteiger partial charge < -0.3 is 5.11 Å². The number of aliphatic hydroxyl groups excluding tert-OH is 1. The molecule has 0 bridgehead atoms. The van der Waals surface area contributed by atoms with Crippen molar-refractivity contribution in [1.82, 2.24) is 9.78 Å². The molecule has 1 unspecified atom stereocenters. The number of aromatic nitrogens is 2. The zero-order chi connectivity index (χ0) is 10.9. The molecule has 0 aliphatic heterocycles. The van der Waals surface area contributed by atoms with Gasteiger partial charge in [-0.05, 0) is 12.8 Å². The van der Waals surface area contributed by atoms with Gasteiger partial charge in [-0.3, -0.25) is 4.68 Å². The van der Waals surface area contributed by atoms with Crippen molar-refractivity contribution < 1.29 is 5.11 Å². The SMILES string of the molecule is Cn1cc(C(O)C2(C#N)CCCC2)cn1. The van der Waals surface area contributed by atoms with E-state index in [0.717, 1.165) is 31.2 Å². The molecule has 1 aromatic heterocycles. The van der Waals surface area contributed by atoms with Gasteiger partial charge in [0.15, 0.2) is 0 Å². The zero-order valence-electron chi connectivity index (χ0n) is 8.85. The molecule has 80 valence electrons. The monoisotopic (exact) mass is 205 g/mol. The molecule has 0 spiro atoms. The fraction of sp³-hybridized carbons (Fsp3) is 0.636. The molecule has 1 atom stereocenters. The molecule has 4 heteroatoms. The summed E-state index contributed by atoms with van der Waals surface area (Å²) in [5.74, 6) is 0. The zero-order valence-corrected chi connectivity index (χ0v) is 8.85. The summed E-state index contributed by atoms with van der Waals surface area (Å²) < 4.78 is 1.65. The number of rotatable bonds is 2. The van der Waals surface area contributed by atoms with Crippen molar-refractivity contribution in [3.63, 3.8) is 0 Å². The van der Waals surface area contributed by atoms with Crippen LogP contribution in [0.15, 0.2) is 12.4 Å². The average molecular weight is 205 g/mol. The first kappa shape index (κ1) is 10.2. The fourth-order valence-corrected chi connectivity index (χ4v) is 2.35. The lowest BCUT2D eigenvalue weighted by Gasteiger charge is -2.25. The van der Waals surface area contributed by atoms with Gasteiger partial charge in [0.1, 0.15) is 6.10 Å². The summed E-state index contributed by atoms with van der Waals surface area (Å²) in [5, 5.41) is 23.4. The van der Waals surface area contributed by atoms with Crippen LogP contribution in [0.4, 0.5) is 0 Å². The third kappa shape index (κ3) is 1.64. The lowest BCUT2D eigenvalue weighted by molar-refractivity contribution is 0.0670. The topological polar surface area (TPSA) is 61.8 Å². The maximum atomic E-state index is 10.2. The maximum Gasteiger partial charge on any atom is 0.101 e. The van der Waals surface area contributed by atoms with Crippen LogP contribution < -0.4 is 0 Å². The van der Waals surface area contributed by atoms with Crippen LogP contribution in [-0.4, -0.2) is 14.9 Å². The first-order valence-corrected chi connectivity index (χ1v) is 5.26. The van der Waals surface area contributed by atoms with Crippen LogP contribution >= 0.6 is 0 Å². The van der Waals surface area contributed by atoms with E-state index in [1.165, 1.54) is 0 Å². The fourth-order valence-electron chi connectivity index (χ4n) is 2.35. The third-order valence-electron chi connectivity index (χ3n) is 3.28. The predicted octanol–water partition coefficient (Wildman–Crippen LogP) is 1.54. The quantitative estimate of drug-likeness (QED) is 0.796. The van der Waals surface area contributed by atoms with E-state index in [1.807, 2.05) is 7.05 Å². The van der Waals surface area contributed by atoms with Gasteiger partial charge in [0.25, 0.3) is 0 Å². The van der Waals surface area contributed by atoms with Crippen molar-refractivity contribution in [2.24, 2.45) is 12.5 Å². The Hall–Kier alpha value is -1.34. The first-order valence-electron chi connectivity index (χ1n) is 5.26. The molecule has 0 aromatic carbocycles. The van der Waals surface area contributed by atoms with Crippen LogP contribution in [0.5, 0.6) is 0 Å². The molecule has 1 N–H and O–H groups in total. The van der Waals surface area contributed by atoms with Crippen LogP contribution in [0.3, 0.4) is 0 Å². The number of aryl methyl sites for hydroxylation is 1. The van der Waals surface area contributed by atoms with E-state index in [4.69, 9.17) is 0 Å². The Morgan fingerprint density at radius 2 is 2.27 bits per heavy atom. The van der Waals surface area contributed by atoms with E-state index < -0.39 is 11.5 Å². The highest BCUT2D eigenvalue weighted by atomic mass is 16.3. The van der Waals surface area contributed by atoms with Crippen LogP contribution in [0, 0.1) is 16.7 Å². The van der Waals surface area contributed by atoms with Crippen molar-refractivity contribution in [3.8, 4) is 6.07 Å². The average Bonchev–Trinajstić information content (AvgIpc) is 2.86. The van der Waals surface area contributed by atoms with Crippen molar-refractivity contribution in [2.45, 2.75) is 31.8 Å². The van der Waals surface area contributed by atoms with E-state index in [2.05, 4.69) is 11.2 Å². The van der Waals surface area contributed by atoms with E-state index in [-0.39, 0.29) is 0 Å². The molecule has 1 saturated carbocycles. The Bertz CT molecular complexity index is 385. The molecule has 2 rings (SSSR count). The van der Waals surface area contributed by atoms with E-state index in [0.29, 0.717) is 0 Å². The van der Waals surface area contributed by atoms with Gasteiger partial charge in [0.2, 0.25) is 0 Å². The second-order valence-corrected chi connectivity index (χ2v) is 4.32. The summed E-state index contributed by atoms with van der Waals surface area (Å²) in [7, 11) is 1.81. The molecular weight excluding hydrogens is 190 g/mol. The number of hydrogen-bond donors (Lipinski definition) is 1. The normalized spacial score (nSPS) is 21.1. The van der Waals surface area contributed by atoms with Crippen LogP contribution in [0.25, 0.3) is 0 Å². The highest BCUT2D eigenvalue weighted by molar-refractivity contribution is 5.18. The Morgan fingerprint density at radius 1 is 1.60 bits per heavy atom. The summed E-state index contributed by atoms with van der Waals surface area (Å²) in [6.45, 7) is 0. The molecule has 15 heavy (non-hydrogen) atoms. The number of nitriles is 1. The second kappa shape index (κ2) is 3.67. The Labute approximate surface area is 89.1 Å². The van der Waals surface area contributed by atoms with Crippen molar-refractivity contribution in [2.75, 3.05) is 0 Å². The standard InChI is InChI=1S/C11H15N3O/c1-14-7-9(6-13-14)10(15)11(8-12)4-2-3-5-11/h6-7,10,15H,2-5H2,1H3. The highest BCUT2D eigenvalue weighted by Gasteiger charge is 2.42. The summed E-state index contributed by atoms with van der Waals surface area (Å²) >= 11 is 0. The van der Waals surface area contributed by atoms with Gasteiger partial charge in [-0.1, -0.05) is 12.8 Å². The Kier molecular flexibility index (Phi) is 2.49. The molecule has 1 aliphatic carbocycles. The summed E-state index contributed by atoms with van der Waals surface area (Å²) in [4.78, 5) is 0. The largest absolute Gasteiger partial charge is 0.387 e. The van der Waals surface area contributed by atoms with Crippen LogP contribution in [0.2, 0.25) is 0 Å². The smallest absolute Gasteiger partial charge is 0.101 e. The summed E-state index contributed by atoms with van der Waals surface area (Å²) in [5.41, 5.74) is 0.171. The minimum atomic E-state index is -0.696. The number of nitrogens with zero attached hydrogens (tertiary/aromatic N) is 3. The van der Waals surface area contributed by atoms with Gasteiger partial charge in [0.05, 0.1) is 17.7 Å². The number of aliphatic hydroxyl groups is 1. The van der Waals surface area contributed by atoms with E-state index >= 15 is 0 Å². The molecule has 1 heterocycles. The molecule has 1 fully saturated rings. The summed E-state index contributed by atoms with van der Waals surface area (Å²) in [6, 6.07) is 2.30. The molecule has 0 saturated heterocycles. The maximum absolute atomic E-state index is 10.2. The third-order valence-corrected chi connectivity index (χ3v) is 3.28. The summed E-state index contributed by atoms with van der Waals surface area (Å²) in [6.07, 6.45) is 6.37. The Balaban J connectivity index is 2.26. The van der Waals surface area contributed by atoms with Gasteiger partial charge in [0, 0.05) is 18.8 Å². The molecule has 1 aliphatic rings. The van der Waals surface area contributed by atoms with Crippen LogP contribution in [0.1, 0.15) is 37.4 Å². The van der Waals surface area contributed by atoms with E-state index in [9.17, 15) is 10.4 Å². The Morgan fingerprint density at radius 3 is 2.73 bits per heavy atom. The molecule has 1 aromatic rings. The molecule has 0 radical (unpaired) electrons. The number of hydrogen-bond acceptors (Lipinski definition) is 3. The predicted molar refractivity (Wildman–Crippen MR) is 54.7 cm³/mol. The molecule has 4 nitrogen and oxygen atoms in total. The van der Waals surface area contributed by atoms with Crippen LogP contribution in [-0.2, 0) is 7.05 Å². The van der Waals surface area contributed by atoms with Gasteiger partial charge >= 0.3 is 0 Å². The molecule has 0 amide bonds. The second-order valence-electron chi connectivity index (χ2n) is 4.32. The first-order chi connectivity index (χ1) is 7.18. The van der Waals surface area contributed by atoms with Crippen molar-refractivity contribution in [3.05, 3.63) is 18.0 Å². The highest BCUT2D eigenvalue weighted by Crippen LogP contribution is 2.46. The van der Waals surface area contributed by atoms with E-state index in [1.54, 1.807) is 17.1 Å². The minimum Gasteiger partial charge on any atom is -0.387 e. The minimum absolute atomic E-state index is 0.580. The van der Waals surface area contributed by atoms with Gasteiger partial charge in [-0.25, -0.2) is 0 Å². The lowest BCUT2D eigenvalue weighted by atomic mass is 9.79.